The Morgan fingerprint density at radius 2 is 1.88 bits per heavy atom. The van der Waals surface area contributed by atoms with Crippen LogP contribution in [-0.2, 0) is 7.05 Å². The van der Waals surface area contributed by atoms with Crippen molar-refractivity contribution < 1.29 is 14.0 Å². The summed E-state index contributed by atoms with van der Waals surface area (Å²) in [5, 5.41) is 3.84. The van der Waals surface area contributed by atoms with E-state index in [4.69, 9.17) is 20.3 Å². The number of nitrogens with zero attached hydrogens (tertiary/aromatic N) is 5. The molecule has 32 heavy (non-hydrogen) atoms. The third-order valence-corrected chi connectivity index (χ3v) is 5.65. The molecule has 2 aromatic carbocycles. The summed E-state index contributed by atoms with van der Waals surface area (Å²) in [5.41, 5.74) is 5.14. The number of hydrazone groups is 1. The molecule has 2 N–H and O–H groups in total. The van der Waals surface area contributed by atoms with Gasteiger partial charge in [-0.05, 0) is 30.9 Å². The number of anilines is 2. The fourth-order valence-corrected chi connectivity index (χ4v) is 3.76. The predicted octanol–water partition coefficient (Wildman–Crippen LogP) is 2.99. The van der Waals surface area contributed by atoms with Gasteiger partial charge < -0.3 is 20.2 Å². The Morgan fingerprint density at radius 3 is 2.47 bits per heavy atom. The highest BCUT2D eigenvalue weighted by Crippen LogP contribution is 2.38. The molecule has 8 heteroatoms. The van der Waals surface area contributed by atoms with Gasteiger partial charge in [-0.15, -0.1) is 0 Å². The number of nitrogens with two attached hydrogens (primary N) is 1. The molecule has 4 rings (SSSR count). The molecule has 8 nitrogen and oxygen atoms in total. The molecule has 0 radical (unpaired) electrons. The first-order valence-corrected chi connectivity index (χ1v) is 10.6. The van der Waals surface area contributed by atoms with Gasteiger partial charge in [0.25, 0.3) is 0 Å². The van der Waals surface area contributed by atoms with Gasteiger partial charge in [-0.1, -0.05) is 0 Å². The minimum absolute atomic E-state index is 0.530. The molecule has 0 atom stereocenters. The van der Waals surface area contributed by atoms with Gasteiger partial charge in [0.15, 0.2) is 11.9 Å². The number of hydrogen-bond donors (Lipinski definition) is 1. The first-order valence-electron chi connectivity index (χ1n) is 10.6. The van der Waals surface area contributed by atoms with Crippen LogP contribution in [-0.4, -0.2) is 44.7 Å². The average Bonchev–Trinajstić information content (AvgIpc) is 3.64. The number of fused-ring (bicyclic) bond motifs is 1. The summed E-state index contributed by atoms with van der Waals surface area (Å²) in [7, 11) is 7.00. The number of aliphatic imine (C=N–C) groups is 1. The predicted molar refractivity (Wildman–Crippen MR) is 127 cm³/mol. The second-order valence-electron chi connectivity index (χ2n) is 7.94. The van der Waals surface area contributed by atoms with Crippen LogP contribution in [0.2, 0.25) is 0 Å². The van der Waals surface area contributed by atoms with Crippen molar-refractivity contribution in [3.8, 4) is 11.5 Å². The van der Waals surface area contributed by atoms with E-state index in [1.165, 1.54) is 12.8 Å². The van der Waals surface area contributed by atoms with E-state index in [2.05, 4.69) is 33.2 Å². The maximum atomic E-state index is 5.57. The molecule has 166 valence electrons. The largest absolute Gasteiger partial charge is 0.497 e. The summed E-state index contributed by atoms with van der Waals surface area (Å²) < 4.78 is 13.0. The maximum absolute atomic E-state index is 5.57. The molecule has 1 aliphatic carbocycles. The Morgan fingerprint density at radius 1 is 1.16 bits per heavy atom. The molecule has 1 aromatic heterocycles. The number of aryl methyl sites for hydroxylation is 1. The molecule has 1 fully saturated rings. The Labute approximate surface area is 188 Å². The summed E-state index contributed by atoms with van der Waals surface area (Å²) in [6, 6.07) is 12.3. The van der Waals surface area contributed by atoms with E-state index in [1.54, 1.807) is 27.5 Å². The van der Waals surface area contributed by atoms with Crippen molar-refractivity contribution in [2.75, 3.05) is 32.7 Å². The van der Waals surface area contributed by atoms with Gasteiger partial charge >= 0.3 is 0 Å². The number of ether oxygens (including phenoxy) is 2. The zero-order valence-corrected chi connectivity index (χ0v) is 18.9. The van der Waals surface area contributed by atoms with E-state index in [0.29, 0.717) is 17.3 Å². The topological polar surface area (TPSA) is 89.2 Å². The number of methoxy groups -OCH3 is 2. The van der Waals surface area contributed by atoms with Crippen molar-refractivity contribution >= 4 is 34.3 Å². The quantitative estimate of drug-likeness (QED) is 0.255. The number of benzene rings is 2. The standard InChI is InChI=1S/C24H29N6O2/c1-26-13-22(28-25)23-15-29(2)24-8-7-17(11-21(24)27-23)30(14-16-5-6-16)18-9-19(31-3)12-20(10-18)32-4/h7-13,15-16H,5-6,14,25H2,1-4H3/q+1. The highest BCUT2D eigenvalue weighted by atomic mass is 16.5. The maximum Gasteiger partial charge on any atom is 0.231 e. The molecule has 1 heterocycles. The van der Waals surface area contributed by atoms with Crippen LogP contribution in [0.1, 0.15) is 18.5 Å². The van der Waals surface area contributed by atoms with E-state index >= 15 is 0 Å². The van der Waals surface area contributed by atoms with Crippen molar-refractivity contribution in [2.24, 2.45) is 28.9 Å². The second-order valence-corrected chi connectivity index (χ2v) is 7.94. The summed E-state index contributed by atoms with van der Waals surface area (Å²) in [6.07, 6.45) is 6.01. The lowest BCUT2D eigenvalue weighted by molar-refractivity contribution is -0.645. The molecular weight excluding hydrogens is 404 g/mol. The van der Waals surface area contributed by atoms with Gasteiger partial charge in [0.1, 0.15) is 29.8 Å². The molecular formula is C24H29N6O2+. The van der Waals surface area contributed by atoms with Gasteiger partial charge in [0, 0.05) is 49.2 Å². The number of aromatic nitrogens is 2. The van der Waals surface area contributed by atoms with Gasteiger partial charge in [-0.25, -0.2) is 4.98 Å². The average molecular weight is 434 g/mol. The molecule has 0 spiro atoms. The molecule has 3 aromatic rings. The van der Waals surface area contributed by atoms with Crippen molar-refractivity contribution in [3.63, 3.8) is 0 Å². The van der Waals surface area contributed by atoms with E-state index < -0.39 is 0 Å². The Bertz CT molecular complexity index is 1160. The van der Waals surface area contributed by atoms with Crippen LogP contribution in [0.3, 0.4) is 0 Å². The highest BCUT2D eigenvalue weighted by Gasteiger charge is 2.26. The van der Waals surface area contributed by atoms with Crippen molar-refractivity contribution in [2.45, 2.75) is 12.8 Å². The lowest BCUT2D eigenvalue weighted by atomic mass is 10.1. The van der Waals surface area contributed by atoms with Gasteiger partial charge in [0.2, 0.25) is 5.52 Å². The minimum Gasteiger partial charge on any atom is -0.497 e. The van der Waals surface area contributed by atoms with Gasteiger partial charge in [-0.3, -0.25) is 4.99 Å². The molecule has 0 bridgehead atoms. The monoisotopic (exact) mass is 433 g/mol. The minimum atomic E-state index is 0.530. The molecule has 0 saturated heterocycles. The Hall–Kier alpha value is -3.68. The van der Waals surface area contributed by atoms with E-state index in [0.717, 1.165) is 40.5 Å². The van der Waals surface area contributed by atoms with Gasteiger partial charge in [0.05, 0.1) is 20.4 Å². The summed E-state index contributed by atoms with van der Waals surface area (Å²) in [6.45, 7) is 0.922. The zero-order valence-electron chi connectivity index (χ0n) is 18.9. The molecule has 0 aliphatic heterocycles. The summed E-state index contributed by atoms with van der Waals surface area (Å²) in [4.78, 5) is 11.2. The van der Waals surface area contributed by atoms with Crippen LogP contribution in [0.4, 0.5) is 11.4 Å². The molecule has 0 unspecified atom stereocenters. The SMILES string of the molecule is CN=CC(=NN)c1c[n+](C)c2ccc(N(CC3CC3)c3cc(OC)cc(OC)c3)cc2n1. The zero-order chi connectivity index (χ0) is 22.7. The third-order valence-electron chi connectivity index (χ3n) is 5.65. The van der Waals surface area contributed by atoms with Crippen molar-refractivity contribution in [1.29, 1.82) is 0 Å². The van der Waals surface area contributed by atoms with Gasteiger partial charge in [-0.2, -0.15) is 9.67 Å². The lowest BCUT2D eigenvalue weighted by Gasteiger charge is -2.26. The van der Waals surface area contributed by atoms with Crippen LogP contribution in [0, 0.1) is 5.92 Å². The lowest BCUT2D eigenvalue weighted by Crippen LogP contribution is -2.31. The third kappa shape index (κ3) is 4.49. The highest BCUT2D eigenvalue weighted by molar-refractivity contribution is 6.37. The van der Waals surface area contributed by atoms with Crippen LogP contribution >= 0.6 is 0 Å². The van der Waals surface area contributed by atoms with Crippen molar-refractivity contribution in [1.82, 2.24) is 4.98 Å². The summed E-state index contributed by atoms with van der Waals surface area (Å²) in [5.74, 6) is 7.77. The normalized spacial score (nSPS) is 14.2. The van der Waals surface area contributed by atoms with E-state index in [-0.39, 0.29) is 0 Å². The number of rotatable bonds is 8. The molecule has 1 aliphatic rings. The first-order chi connectivity index (χ1) is 15.6. The first kappa shape index (κ1) is 21.5. The smallest absolute Gasteiger partial charge is 0.231 e. The van der Waals surface area contributed by atoms with Crippen LogP contribution < -0.4 is 24.8 Å². The Balaban J connectivity index is 1.83. The van der Waals surface area contributed by atoms with Crippen LogP contribution in [0.5, 0.6) is 11.5 Å². The second kappa shape index (κ2) is 9.21. The molecule has 1 saturated carbocycles. The van der Waals surface area contributed by atoms with E-state index in [9.17, 15) is 0 Å². The van der Waals surface area contributed by atoms with Crippen LogP contribution in [0.15, 0.2) is 52.7 Å². The summed E-state index contributed by atoms with van der Waals surface area (Å²) >= 11 is 0. The fraction of sp³-hybridized carbons (Fsp3) is 0.333. The Kier molecular flexibility index (Phi) is 6.20. The fourth-order valence-electron chi connectivity index (χ4n) is 3.76. The molecule has 0 amide bonds. The van der Waals surface area contributed by atoms with Crippen molar-refractivity contribution in [3.05, 3.63) is 48.3 Å². The van der Waals surface area contributed by atoms with E-state index in [1.807, 2.05) is 36.0 Å². The number of hydrogen-bond acceptors (Lipinski definition) is 7. The van der Waals surface area contributed by atoms with Crippen LogP contribution in [0.25, 0.3) is 11.0 Å².